The van der Waals surface area contributed by atoms with Crippen LogP contribution in [0.4, 0.5) is 0 Å². The summed E-state index contributed by atoms with van der Waals surface area (Å²) in [6.45, 7) is 1.81. The van der Waals surface area contributed by atoms with Crippen LogP contribution in [-0.4, -0.2) is 16.1 Å². The molecule has 1 aromatic carbocycles. The molecule has 0 spiro atoms. The molecule has 2 N–H and O–H groups in total. The third-order valence-corrected chi connectivity index (χ3v) is 2.85. The van der Waals surface area contributed by atoms with Crippen LogP contribution in [0.15, 0.2) is 42.7 Å². The van der Waals surface area contributed by atoms with Crippen molar-refractivity contribution in [3.05, 3.63) is 42.7 Å². The van der Waals surface area contributed by atoms with Crippen molar-refractivity contribution in [1.29, 1.82) is 0 Å². The molecule has 1 heterocycles. The summed E-state index contributed by atoms with van der Waals surface area (Å²) in [4.78, 5) is 4.42. The summed E-state index contributed by atoms with van der Waals surface area (Å²) in [5.41, 5.74) is 6.67. The smallest absolute Gasteiger partial charge is 0.139 e. The topological polar surface area (TPSA) is 43.8 Å². The summed E-state index contributed by atoms with van der Waals surface area (Å²) in [5, 5.41) is 0. The van der Waals surface area contributed by atoms with Crippen molar-refractivity contribution in [2.24, 2.45) is 5.73 Å². The molecule has 0 aliphatic rings. The highest BCUT2D eigenvalue weighted by atomic mass is 15.1. The van der Waals surface area contributed by atoms with Crippen LogP contribution >= 0.6 is 0 Å². The normalized spacial score (nSPS) is 10.6. The molecule has 0 fully saturated rings. The molecule has 0 aliphatic carbocycles. The lowest BCUT2D eigenvalue weighted by atomic mass is 10.2. The summed E-state index contributed by atoms with van der Waals surface area (Å²) in [7, 11) is 0. The van der Waals surface area contributed by atoms with Crippen LogP contribution in [0.3, 0.4) is 0 Å². The number of benzene rings is 1. The molecule has 17 heavy (non-hydrogen) atoms. The number of aromatic nitrogens is 2. The fourth-order valence-electron chi connectivity index (χ4n) is 1.94. The highest BCUT2D eigenvalue weighted by Crippen LogP contribution is 2.17. The maximum atomic E-state index is 5.49. The lowest BCUT2D eigenvalue weighted by molar-refractivity contribution is 0.595. The number of unbranched alkanes of at least 4 members (excludes halogenated alkanes) is 2. The standard InChI is InChI=1S/C14H19N3/c15-9-5-2-6-11-17-12-10-16-14(17)13-7-3-1-4-8-13/h1,3-4,7-8,10,12H,2,5-6,9,11,15H2. The number of hydrogen-bond donors (Lipinski definition) is 1. The molecule has 0 saturated carbocycles. The Labute approximate surface area is 102 Å². The van der Waals surface area contributed by atoms with Gasteiger partial charge in [-0.2, -0.15) is 0 Å². The van der Waals surface area contributed by atoms with Crippen LogP contribution in [-0.2, 0) is 6.54 Å². The minimum atomic E-state index is 0.787. The Hall–Kier alpha value is -1.61. The Bertz CT molecular complexity index is 434. The largest absolute Gasteiger partial charge is 0.331 e. The van der Waals surface area contributed by atoms with Crippen molar-refractivity contribution in [3.63, 3.8) is 0 Å². The lowest BCUT2D eigenvalue weighted by Crippen LogP contribution is -2.02. The minimum Gasteiger partial charge on any atom is -0.331 e. The van der Waals surface area contributed by atoms with E-state index in [-0.39, 0.29) is 0 Å². The van der Waals surface area contributed by atoms with Crippen molar-refractivity contribution >= 4 is 0 Å². The number of aryl methyl sites for hydroxylation is 1. The molecule has 2 aromatic rings. The van der Waals surface area contributed by atoms with E-state index in [0.717, 1.165) is 31.8 Å². The first-order chi connectivity index (χ1) is 8.42. The van der Waals surface area contributed by atoms with Gasteiger partial charge in [0.25, 0.3) is 0 Å². The van der Waals surface area contributed by atoms with Gasteiger partial charge in [0.05, 0.1) is 0 Å². The molecule has 3 heteroatoms. The van der Waals surface area contributed by atoms with Crippen molar-refractivity contribution in [1.82, 2.24) is 9.55 Å². The maximum absolute atomic E-state index is 5.49. The van der Waals surface area contributed by atoms with Crippen molar-refractivity contribution in [2.45, 2.75) is 25.8 Å². The highest BCUT2D eigenvalue weighted by molar-refractivity contribution is 5.54. The quantitative estimate of drug-likeness (QED) is 0.774. The zero-order chi connectivity index (χ0) is 11.9. The fraction of sp³-hybridized carbons (Fsp3) is 0.357. The molecule has 0 amide bonds. The predicted octanol–water partition coefficient (Wildman–Crippen LogP) is 2.68. The average molecular weight is 229 g/mol. The second-order valence-corrected chi connectivity index (χ2v) is 4.16. The molecule has 90 valence electrons. The summed E-state index contributed by atoms with van der Waals surface area (Å²) < 4.78 is 2.21. The first kappa shape index (κ1) is 11.9. The SMILES string of the molecule is NCCCCCn1ccnc1-c1ccccc1. The van der Waals surface area contributed by atoms with Gasteiger partial charge in [-0.15, -0.1) is 0 Å². The van der Waals surface area contributed by atoms with Crippen LogP contribution in [0, 0.1) is 0 Å². The van der Waals surface area contributed by atoms with Gasteiger partial charge in [0.2, 0.25) is 0 Å². The molecular weight excluding hydrogens is 210 g/mol. The predicted molar refractivity (Wildman–Crippen MR) is 70.6 cm³/mol. The summed E-state index contributed by atoms with van der Waals surface area (Å²) in [6, 6.07) is 10.3. The summed E-state index contributed by atoms with van der Waals surface area (Å²) in [6.07, 6.45) is 7.36. The monoisotopic (exact) mass is 229 g/mol. The summed E-state index contributed by atoms with van der Waals surface area (Å²) in [5.74, 6) is 1.05. The maximum Gasteiger partial charge on any atom is 0.139 e. The number of rotatable bonds is 6. The van der Waals surface area contributed by atoms with Gasteiger partial charge in [-0.05, 0) is 19.4 Å². The van der Waals surface area contributed by atoms with E-state index in [9.17, 15) is 0 Å². The molecule has 0 aliphatic heterocycles. The average Bonchev–Trinajstić information content (AvgIpc) is 2.84. The molecule has 0 saturated heterocycles. The van der Waals surface area contributed by atoms with Crippen LogP contribution in [0.25, 0.3) is 11.4 Å². The molecule has 1 aromatic heterocycles. The van der Waals surface area contributed by atoms with Gasteiger partial charge >= 0.3 is 0 Å². The van der Waals surface area contributed by atoms with E-state index in [1.807, 2.05) is 30.6 Å². The highest BCUT2D eigenvalue weighted by Gasteiger charge is 2.04. The van der Waals surface area contributed by atoms with Gasteiger partial charge in [0, 0.05) is 24.5 Å². The Morgan fingerprint density at radius 3 is 2.65 bits per heavy atom. The van der Waals surface area contributed by atoms with E-state index in [1.54, 1.807) is 0 Å². The number of hydrogen-bond acceptors (Lipinski definition) is 2. The first-order valence-corrected chi connectivity index (χ1v) is 6.18. The van der Waals surface area contributed by atoms with Crippen LogP contribution in [0.1, 0.15) is 19.3 Å². The van der Waals surface area contributed by atoms with Crippen molar-refractivity contribution < 1.29 is 0 Å². The summed E-state index contributed by atoms with van der Waals surface area (Å²) >= 11 is 0. The number of nitrogens with zero attached hydrogens (tertiary/aromatic N) is 2. The molecule has 0 bridgehead atoms. The Morgan fingerprint density at radius 2 is 1.88 bits per heavy atom. The van der Waals surface area contributed by atoms with E-state index < -0.39 is 0 Å². The van der Waals surface area contributed by atoms with E-state index in [4.69, 9.17) is 5.73 Å². The molecule has 3 nitrogen and oxygen atoms in total. The zero-order valence-corrected chi connectivity index (χ0v) is 10.0. The van der Waals surface area contributed by atoms with Gasteiger partial charge < -0.3 is 10.3 Å². The number of nitrogens with two attached hydrogens (primary N) is 1. The van der Waals surface area contributed by atoms with Gasteiger partial charge in [-0.25, -0.2) is 4.98 Å². The third-order valence-electron chi connectivity index (χ3n) is 2.85. The second-order valence-electron chi connectivity index (χ2n) is 4.16. The third kappa shape index (κ3) is 3.17. The van der Waals surface area contributed by atoms with E-state index >= 15 is 0 Å². The fourth-order valence-corrected chi connectivity index (χ4v) is 1.94. The Balaban J connectivity index is 2.02. The van der Waals surface area contributed by atoms with Gasteiger partial charge in [-0.3, -0.25) is 0 Å². The molecule has 0 unspecified atom stereocenters. The van der Waals surface area contributed by atoms with Crippen LogP contribution in [0.2, 0.25) is 0 Å². The lowest BCUT2D eigenvalue weighted by Gasteiger charge is -2.07. The van der Waals surface area contributed by atoms with Crippen LogP contribution in [0.5, 0.6) is 0 Å². The molecule has 0 radical (unpaired) electrons. The van der Waals surface area contributed by atoms with Gasteiger partial charge in [0.1, 0.15) is 5.82 Å². The second kappa shape index (κ2) is 6.21. The molecular formula is C14H19N3. The number of imidazole rings is 1. The molecule has 0 atom stereocenters. The Kier molecular flexibility index (Phi) is 4.33. The minimum absolute atomic E-state index is 0.787. The van der Waals surface area contributed by atoms with Crippen molar-refractivity contribution in [2.75, 3.05) is 6.54 Å². The Morgan fingerprint density at radius 1 is 1.06 bits per heavy atom. The van der Waals surface area contributed by atoms with Gasteiger partial charge in [-0.1, -0.05) is 36.8 Å². The molecule has 2 rings (SSSR count). The van der Waals surface area contributed by atoms with E-state index in [2.05, 4.69) is 21.7 Å². The van der Waals surface area contributed by atoms with E-state index in [0.29, 0.717) is 0 Å². The van der Waals surface area contributed by atoms with E-state index in [1.165, 1.54) is 12.0 Å². The van der Waals surface area contributed by atoms with Gasteiger partial charge in [0.15, 0.2) is 0 Å². The van der Waals surface area contributed by atoms with Crippen molar-refractivity contribution in [3.8, 4) is 11.4 Å². The zero-order valence-electron chi connectivity index (χ0n) is 10.0. The van der Waals surface area contributed by atoms with Crippen LogP contribution < -0.4 is 5.73 Å². The first-order valence-electron chi connectivity index (χ1n) is 6.18.